The number of hydrogen-bond donors (Lipinski definition) is 1. The second kappa shape index (κ2) is 13.3. The third-order valence-electron chi connectivity index (χ3n) is 8.88. The Kier molecular flexibility index (Phi) is 9.81. The molecule has 2 aliphatic heterocycles. The molecule has 0 amide bonds. The molecule has 2 fully saturated rings. The van der Waals surface area contributed by atoms with Crippen LogP contribution in [0.25, 0.3) is 10.8 Å². The molecule has 10 nitrogen and oxygen atoms in total. The molecule has 0 bridgehead atoms. The zero-order valence-electron chi connectivity index (χ0n) is 27.0. The topological polar surface area (TPSA) is 104 Å². The van der Waals surface area contributed by atoms with Crippen molar-refractivity contribution in [1.82, 2.24) is 19.9 Å². The highest BCUT2D eigenvalue weighted by Gasteiger charge is 2.46. The molecule has 3 aromatic rings. The highest BCUT2D eigenvalue weighted by atomic mass is 32.2. The van der Waals surface area contributed by atoms with Crippen molar-refractivity contribution in [2.24, 2.45) is 5.92 Å². The lowest BCUT2D eigenvalue weighted by Gasteiger charge is -2.48. The van der Waals surface area contributed by atoms with Gasteiger partial charge in [0.25, 0.3) is 5.92 Å². The van der Waals surface area contributed by atoms with Crippen molar-refractivity contribution in [3.63, 3.8) is 0 Å². The molecule has 45 heavy (non-hydrogen) atoms. The van der Waals surface area contributed by atoms with Crippen LogP contribution in [0.2, 0.25) is 0 Å². The van der Waals surface area contributed by atoms with Crippen molar-refractivity contribution in [2.45, 2.75) is 57.6 Å². The van der Waals surface area contributed by atoms with Crippen LogP contribution < -0.4 is 15.1 Å². The average molecular weight is 646 g/mol. The van der Waals surface area contributed by atoms with Gasteiger partial charge >= 0.3 is 0 Å². The van der Waals surface area contributed by atoms with E-state index in [1.165, 1.54) is 16.7 Å². The molecule has 0 aliphatic carbocycles. The summed E-state index contributed by atoms with van der Waals surface area (Å²) in [6.07, 6.45) is 4.42. The molecule has 2 aromatic heterocycles. The van der Waals surface area contributed by atoms with Gasteiger partial charge in [-0.15, -0.1) is 0 Å². The van der Waals surface area contributed by atoms with E-state index in [0.717, 1.165) is 23.0 Å². The lowest BCUT2D eigenvalue weighted by molar-refractivity contribution is -0.144. The fraction of sp³-hybridized carbons (Fsp3) is 0.594. The molecule has 2 aliphatic rings. The fourth-order valence-electron chi connectivity index (χ4n) is 6.15. The number of rotatable bonds is 12. The summed E-state index contributed by atoms with van der Waals surface area (Å²) in [6, 6.07) is 8.21. The number of nitrogens with zero attached hydrogens (tertiary/aromatic N) is 6. The van der Waals surface area contributed by atoms with Gasteiger partial charge in [0.05, 0.1) is 18.9 Å². The van der Waals surface area contributed by atoms with Crippen LogP contribution >= 0.6 is 0 Å². The lowest BCUT2D eigenvalue weighted by atomic mass is 9.85. The number of likely N-dealkylation sites (N-methyl/N-ethyl adjacent to an activating group) is 1. The molecule has 3 atom stereocenters. The van der Waals surface area contributed by atoms with Gasteiger partial charge in [-0.2, -0.15) is 4.98 Å². The quantitative estimate of drug-likeness (QED) is 0.291. The minimum atomic E-state index is -3.02. The average Bonchev–Trinajstić information content (AvgIpc) is 2.96. The predicted molar refractivity (Wildman–Crippen MR) is 176 cm³/mol. The number of sulfone groups is 1. The second-order valence-electron chi connectivity index (χ2n) is 13.0. The number of pyridine rings is 1. The van der Waals surface area contributed by atoms with E-state index < -0.39 is 28.4 Å². The second-order valence-corrected chi connectivity index (χ2v) is 15.3. The molecule has 13 heteroatoms. The monoisotopic (exact) mass is 645 g/mol. The van der Waals surface area contributed by atoms with E-state index >= 15 is 0 Å². The van der Waals surface area contributed by atoms with Crippen molar-refractivity contribution >= 4 is 43.9 Å². The SMILES string of the molecule is CC(C)c1ccc(N2C[C@H](CCS(C)(=O)=O)[C@H]2C)c2cnc(Nc3ccnc(N4CC[C@H](OCCN(C)C)C(F)(F)C4)n3)cc12. The fourth-order valence-corrected chi connectivity index (χ4v) is 6.88. The maximum absolute atomic E-state index is 15.0. The lowest BCUT2D eigenvalue weighted by Crippen LogP contribution is -2.55. The van der Waals surface area contributed by atoms with Crippen LogP contribution in [0, 0.1) is 5.92 Å². The number of benzene rings is 1. The van der Waals surface area contributed by atoms with E-state index in [9.17, 15) is 17.2 Å². The predicted octanol–water partition coefficient (Wildman–Crippen LogP) is 4.94. The number of hydrogen-bond acceptors (Lipinski definition) is 10. The summed E-state index contributed by atoms with van der Waals surface area (Å²) in [7, 11) is 0.772. The van der Waals surface area contributed by atoms with E-state index in [0.29, 0.717) is 37.1 Å². The number of ether oxygens (including phenoxy) is 1. The number of fused-ring (bicyclic) bond motifs is 1. The minimum Gasteiger partial charge on any atom is -0.370 e. The normalized spacial score (nSPS) is 21.9. The molecule has 2 saturated heterocycles. The molecule has 0 spiro atoms. The van der Waals surface area contributed by atoms with Crippen molar-refractivity contribution in [3.8, 4) is 0 Å². The Balaban J connectivity index is 1.32. The third-order valence-corrected chi connectivity index (χ3v) is 9.86. The Bertz CT molecular complexity index is 1600. The molecule has 0 radical (unpaired) electrons. The number of alkyl halides is 2. The zero-order valence-corrected chi connectivity index (χ0v) is 27.8. The van der Waals surface area contributed by atoms with Crippen molar-refractivity contribution in [1.29, 1.82) is 0 Å². The van der Waals surface area contributed by atoms with Gasteiger partial charge in [0.2, 0.25) is 5.95 Å². The number of anilines is 4. The Hall–Kier alpha value is -3.16. The molecule has 0 unspecified atom stereocenters. The number of aromatic nitrogens is 3. The maximum Gasteiger partial charge on any atom is 0.290 e. The Labute approximate surface area is 265 Å². The van der Waals surface area contributed by atoms with Crippen molar-refractivity contribution < 1.29 is 21.9 Å². The Morgan fingerprint density at radius 3 is 2.60 bits per heavy atom. The van der Waals surface area contributed by atoms with Crippen LogP contribution in [-0.2, 0) is 14.6 Å². The van der Waals surface area contributed by atoms with Gasteiger partial charge in [0.15, 0.2) is 0 Å². The largest absolute Gasteiger partial charge is 0.370 e. The van der Waals surface area contributed by atoms with Crippen LogP contribution in [0.5, 0.6) is 0 Å². The number of piperidine rings is 1. The van der Waals surface area contributed by atoms with Crippen LogP contribution in [0.15, 0.2) is 36.7 Å². The molecular weight excluding hydrogens is 600 g/mol. The Morgan fingerprint density at radius 1 is 1.16 bits per heavy atom. The van der Waals surface area contributed by atoms with Crippen molar-refractivity contribution in [3.05, 3.63) is 42.2 Å². The van der Waals surface area contributed by atoms with E-state index in [2.05, 4.69) is 53.1 Å². The first-order valence-electron chi connectivity index (χ1n) is 15.6. The van der Waals surface area contributed by atoms with Crippen LogP contribution in [0.4, 0.5) is 32.1 Å². The first kappa shape index (κ1) is 33.2. The summed E-state index contributed by atoms with van der Waals surface area (Å²) in [4.78, 5) is 19.3. The smallest absolute Gasteiger partial charge is 0.290 e. The van der Waals surface area contributed by atoms with Gasteiger partial charge in [0.1, 0.15) is 27.6 Å². The van der Waals surface area contributed by atoms with E-state index in [1.807, 2.05) is 31.3 Å². The molecular formula is C32H45F2N7O3S. The first-order chi connectivity index (χ1) is 21.2. The summed E-state index contributed by atoms with van der Waals surface area (Å²) in [5, 5.41) is 5.35. The molecule has 1 aromatic carbocycles. The summed E-state index contributed by atoms with van der Waals surface area (Å²) >= 11 is 0. The van der Waals surface area contributed by atoms with Gasteiger partial charge in [-0.25, -0.2) is 27.2 Å². The summed E-state index contributed by atoms with van der Waals surface area (Å²) < 4.78 is 58.9. The van der Waals surface area contributed by atoms with Gasteiger partial charge in [-0.1, -0.05) is 19.9 Å². The minimum absolute atomic E-state index is 0.183. The van der Waals surface area contributed by atoms with Crippen LogP contribution in [0.3, 0.4) is 0 Å². The van der Waals surface area contributed by atoms with E-state index in [4.69, 9.17) is 9.72 Å². The standard InChI is InChI=1S/C32H45F2N7O3S/c1-21(2)24-7-8-27(41-19-23(22(41)3)11-16-45(6,42)43)26-18-36-30(17-25(24)26)37-29-9-12-35-31(38-29)40-13-10-28(32(33,34)20-40)44-15-14-39(4)5/h7-9,12,17-18,21-23,28H,10-11,13-16,19-20H2,1-6H3,(H,35,36,37,38)/t22-,23+,28+/m1/s1. The number of nitrogens with one attached hydrogen (secondary N) is 1. The highest BCUT2D eigenvalue weighted by Crippen LogP contribution is 2.40. The molecule has 246 valence electrons. The summed E-state index contributed by atoms with van der Waals surface area (Å²) in [6.45, 7) is 7.94. The molecule has 0 saturated carbocycles. The van der Waals surface area contributed by atoms with Crippen LogP contribution in [0.1, 0.15) is 45.1 Å². The Morgan fingerprint density at radius 2 is 1.93 bits per heavy atom. The highest BCUT2D eigenvalue weighted by molar-refractivity contribution is 7.90. The molecule has 1 N–H and O–H groups in total. The van der Waals surface area contributed by atoms with Crippen LogP contribution in [-0.4, -0.2) is 105 Å². The summed E-state index contributed by atoms with van der Waals surface area (Å²) in [5.74, 6) is -0.939. The van der Waals surface area contributed by atoms with Gasteiger partial charge in [-0.3, -0.25) is 0 Å². The number of halogens is 2. The van der Waals surface area contributed by atoms with Gasteiger partial charge in [0, 0.05) is 55.4 Å². The zero-order chi connectivity index (χ0) is 32.5. The van der Waals surface area contributed by atoms with Gasteiger partial charge in [-0.05, 0) is 74.8 Å². The van der Waals surface area contributed by atoms with Gasteiger partial charge < -0.3 is 24.8 Å². The van der Waals surface area contributed by atoms with E-state index in [1.54, 1.807) is 12.3 Å². The van der Waals surface area contributed by atoms with Crippen molar-refractivity contribution in [2.75, 3.05) is 74.0 Å². The molecule has 5 rings (SSSR count). The molecule has 4 heterocycles. The third kappa shape index (κ3) is 7.81. The summed E-state index contributed by atoms with van der Waals surface area (Å²) in [5.41, 5.74) is 2.26. The maximum atomic E-state index is 15.0. The van der Waals surface area contributed by atoms with E-state index in [-0.39, 0.29) is 36.7 Å². The first-order valence-corrected chi connectivity index (χ1v) is 17.6.